The van der Waals surface area contributed by atoms with Gasteiger partial charge in [-0.15, -0.1) is 0 Å². The van der Waals surface area contributed by atoms with E-state index in [0.29, 0.717) is 17.9 Å². The molecule has 0 aliphatic carbocycles. The van der Waals surface area contributed by atoms with Gasteiger partial charge in [-0.3, -0.25) is 4.79 Å². The summed E-state index contributed by atoms with van der Waals surface area (Å²) in [7, 11) is -3.18. The molecule has 0 heterocycles. The van der Waals surface area contributed by atoms with E-state index in [1.54, 1.807) is 24.3 Å². The summed E-state index contributed by atoms with van der Waals surface area (Å²) in [6.07, 6.45) is 0.699. The molecule has 1 atom stereocenters. The molecule has 0 bridgehead atoms. The Bertz CT molecular complexity index is 537. The zero-order valence-electron chi connectivity index (χ0n) is 11.8. The van der Waals surface area contributed by atoms with E-state index in [-0.39, 0.29) is 18.1 Å². The van der Waals surface area contributed by atoms with Crippen LogP contribution >= 0.6 is 0 Å². The topological polar surface area (TPSA) is 83.5 Å². The normalized spacial score (nSPS) is 12.9. The van der Waals surface area contributed by atoms with E-state index in [1.165, 1.54) is 0 Å². The minimum Gasteiger partial charge on any atom is -0.481 e. The lowest BCUT2D eigenvalue weighted by Crippen LogP contribution is -2.15. The van der Waals surface area contributed by atoms with Crippen molar-refractivity contribution in [1.82, 2.24) is 0 Å². The van der Waals surface area contributed by atoms with Crippen LogP contribution in [0.25, 0.3) is 0 Å². The summed E-state index contributed by atoms with van der Waals surface area (Å²) in [6, 6.07) is 6.57. The van der Waals surface area contributed by atoms with Crippen LogP contribution in [0.1, 0.15) is 26.7 Å². The largest absolute Gasteiger partial charge is 0.481 e. The molecule has 6 heteroatoms. The van der Waals surface area contributed by atoms with Gasteiger partial charge >= 0.3 is 5.97 Å². The molecule has 112 valence electrons. The third-order valence-corrected chi connectivity index (χ3v) is 4.80. The van der Waals surface area contributed by atoms with Crippen LogP contribution in [-0.4, -0.2) is 31.8 Å². The predicted molar refractivity (Wildman–Crippen MR) is 78.7 cm³/mol. The van der Waals surface area contributed by atoms with Gasteiger partial charge in [0.05, 0.1) is 10.6 Å². The number of hydrogen-bond acceptors (Lipinski definition) is 4. The fourth-order valence-electron chi connectivity index (χ4n) is 1.83. The van der Waals surface area contributed by atoms with Crippen molar-refractivity contribution < 1.29 is 18.3 Å². The predicted octanol–water partition coefficient (Wildman–Crippen LogP) is 2.39. The van der Waals surface area contributed by atoms with Gasteiger partial charge in [0.15, 0.2) is 9.84 Å². The number of carboxylic acids is 1. The Morgan fingerprint density at radius 3 is 2.40 bits per heavy atom. The van der Waals surface area contributed by atoms with Crippen LogP contribution in [0, 0.1) is 5.92 Å². The molecule has 1 aromatic rings. The summed E-state index contributed by atoms with van der Waals surface area (Å²) >= 11 is 0. The monoisotopic (exact) mass is 299 g/mol. The molecule has 2 N–H and O–H groups in total. The molecular formula is C14H21NO4S. The van der Waals surface area contributed by atoms with Crippen molar-refractivity contribution in [2.45, 2.75) is 31.6 Å². The Balaban J connectivity index is 2.61. The Kier molecular flexibility index (Phi) is 6.01. The van der Waals surface area contributed by atoms with E-state index in [1.807, 2.05) is 13.8 Å². The molecule has 0 radical (unpaired) electrons. The van der Waals surface area contributed by atoms with Crippen molar-refractivity contribution >= 4 is 21.5 Å². The van der Waals surface area contributed by atoms with Gasteiger partial charge in [0, 0.05) is 18.7 Å². The molecule has 20 heavy (non-hydrogen) atoms. The number of sulfone groups is 1. The minimum atomic E-state index is -3.18. The molecule has 1 rings (SSSR count). The van der Waals surface area contributed by atoms with Crippen molar-refractivity contribution in [3.05, 3.63) is 24.3 Å². The Labute approximate surface area is 119 Å². The highest BCUT2D eigenvalue weighted by molar-refractivity contribution is 7.91. The van der Waals surface area contributed by atoms with Gasteiger partial charge in [0.1, 0.15) is 0 Å². The highest BCUT2D eigenvalue weighted by atomic mass is 32.2. The fraction of sp³-hybridized carbons (Fsp3) is 0.500. The number of nitrogens with one attached hydrogen (secondary N) is 1. The van der Waals surface area contributed by atoms with Gasteiger partial charge in [-0.2, -0.15) is 0 Å². The zero-order chi connectivity index (χ0) is 15.2. The molecule has 1 aromatic carbocycles. The number of carboxylic acid groups (broad SMARTS) is 1. The molecule has 0 saturated carbocycles. The number of hydrogen-bond donors (Lipinski definition) is 2. The van der Waals surface area contributed by atoms with Crippen molar-refractivity contribution in [3.8, 4) is 0 Å². The summed E-state index contributed by atoms with van der Waals surface area (Å²) in [5, 5.41) is 11.8. The first kappa shape index (κ1) is 16.5. The maximum Gasteiger partial charge on any atom is 0.303 e. The molecule has 0 aliphatic rings. The Morgan fingerprint density at radius 1 is 1.30 bits per heavy atom. The highest BCUT2D eigenvalue weighted by Crippen LogP contribution is 2.16. The lowest BCUT2D eigenvalue weighted by atomic mass is 10.1. The van der Waals surface area contributed by atoms with Crippen molar-refractivity contribution in [3.63, 3.8) is 0 Å². The van der Waals surface area contributed by atoms with E-state index in [2.05, 4.69) is 5.32 Å². The minimum absolute atomic E-state index is 0.0102. The van der Waals surface area contributed by atoms with E-state index >= 15 is 0 Å². The number of anilines is 1. The maximum atomic E-state index is 11.8. The second-order valence-corrected chi connectivity index (χ2v) is 7.04. The van der Waals surface area contributed by atoms with Crippen LogP contribution in [0.5, 0.6) is 0 Å². The molecule has 0 saturated heterocycles. The third kappa shape index (κ3) is 5.21. The molecule has 0 aromatic heterocycles. The first-order valence-corrected chi connectivity index (χ1v) is 8.29. The van der Waals surface area contributed by atoms with Crippen molar-refractivity contribution in [2.75, 3.05) is 17.6 Å². The second-order valence-electron chi connectivity index (χ2n) is 4.93. The summed E-state index contributed by atoms with van der Waals surface area (Å²) in [6.45, 7) is 4.21. The third-order valence-electron chi connectivity index (χ3n) is 2.86. The average molecular weight is 299 g/mol. The van der Waals surface area contributed by atoms with Gasteiger partial charge in [-0.25, -0.2) is 8.42 Å². The zero-order valence-corrected chi connectivity index (χ0v) is 12.6. The molecule has 5 nitrogen and oxygen atoms in total. The lowest BCUT2D eigenvalue weighted by molar-refractivity contribution is -0.137. The maximum absolute atomic E-state index is 11.8. The molecule has 0 fully saturated rings. The Hall–Kier alpha value is -1.56. The molecule has 1 unspecified atom stereocenters. The van der Waals surface area contributed by atoms with E-state index in [0.717, 1.165) is 5.69 Å². The highest BCUT2D eigenvalue weighted by Gasteiger charge is 2.12. The van der Waals surface area contributed by atoms with E-state index in [4.69, 9.17) is 5.11 Å². The van der Waals surface area contributed by atoms with Crippen LogP contribution in [0.2, 0.25) is 0 Å². The smallest absolute Gasteiger partial charge is 0.303 e. The molecule has 0 amide bonds. The van der Waals surface area contributed by atoms with Crippen LogP contribution in [0.15, 0.2) is 29.2 Å². The molecule has 0 spiro atoms. The standard InChI is InChI=1S/C14H21NO4S/c1-3-8-20(18,19)13-6-4-12(5-7-13)15-10-11(2)9-14(16)17/h4-7,11,15H,3,8-10H2,1-2H3,(H,16,17). The molecular weight excluding hydrogens is 278 g/mol. The summed E-state index contributed by atoms with van der Waals surface area (Å²) in [5.41, 5.74) is 0.790. The van der Waals surface area contributed by atoms with Crippen molar-refractivity contribution in [1.29, 1.82) is 0 Å². The summed E-state index contributed by atoms with van der Waals surface area (Å²) < 4.78 is 23.7. The first-order valence-electron chi connectivity index (χ1n) is 6.63. The van der Waals surface area contributed by atoms with Crippen LogP contribution < -0.4 is 5.32 Å². The summed E-state index contributed by atoms with van der Waals surface area (Å²) in [4.78, 5) is 10.9. The van der Waals surface area contributed by atoms with Gasteiger partial charge in [-0.1, -0.05) is 13.8 Å². The number of benzene rings is 1. The van der Waals surface area contributed by atoms with Gasteiger partial charge in [0.25, 0.3) is 0 Å². The Morgan fingerprint density at radius 2 is 1.90 bits per heavy atom. The van der Waals surface area contributed by atoms with Crippen LogP contribution in [0.3, 0.4) is 0 Å². The fourth-order valence-corrected chi connectivity index (χ4v) is 3.15. The van der Waals surface area contributed by atoms with Crippen LogP contribution in [0.4, 0.5) is 5.69 Å². The SMILES string of the molecule is CCCS(=O)(=O)c1ccc(NCC(C)CC(=O)O)cc1. The lowest BCUT2D eigenvalue weighted by Gasteiger charge is -2.12. The second kappa shape index (κ2) is 7.28. The summed E-state index contributed by atoms with van der Waals surface area (Å²) in [5.74, 6) is -0.661. The average Bonchev–Trinajstić information content (AvgIpc) is 2.36. The first-order chi connectivity index (χ1) is 9.35. The van der Waals surface area contributed by atoms with Crippen molar-refractivity contribution in [2.24, 2.45) is 5.92 Å². The quantitative estimate of drug-likeness (QED) is 0.770. The van der Waals surface area contributed by atoms with E-state index in [9.17, 15) is 13.2 Å². The van der Waals surface area contributed by atoms with Crippen LogP contribution in [-0.2, 0) is 14.6 Å². The number of carbonyl (C=O) groups is 1. The van der Waals surface area contributed by atoms with Gasteiger partial charge in [0.2, 0.25) is 0 Å². The van der Waals surface area contributed by atoms with E-state index < -0.39 is 15.8 Å². The number of rotatable bonds is 8. The van der Waals surface area contributed by atoms with Gasteiger partial charge < -0.3 is 10.4 Å². The van der Waals surface area contributed by atoms with Gasteiger partial charge in [-0.05, 0) is 36.6 Å². The molecule has 0 aliphatic heterocycles. The number of aliphatic carboxylic acids is 1.